The molecule has 6 heteroatoms. The Morgan fingerprint density at radius 2 is 2.15 bits per heavy atom. The molecule has 0 spiro atoms. The first-order valence-electron chi connectivity index (χ1n) is 6.81. The van der Waals surface area contributed by atoms with Crippen molar-refractivity contribution in [2.45, 2.75) is 50.0 Å². The summed E-state index contributed by atoms with van der Waals surface area (Å²) in [5.41, 5.74) is 0. The van der Waals surface area contributed by atoms with Crippen LogP contribution in [0.25, 0.3) is 0 Å². The van der Waals surface area contributed by atoms with Crippen LogP contribution in [-0.4, -0.2) is 14.5 Å². The Morgan fingerprint density at radius 1 is 1.40 bits per heavy atom. The third-order valence-corrected chi connectivity index (χ3v) is 5.76. The van der Waals surface area contributed by atoms with Gasteiger partial charge in [0.2, 0.25) is 0 Å². The van der Waals surface area contributed by atoms with Crippen molar-refractivity contribution < 1.29 is 13.2 Å². The molecule has 2 unspecified atom stereocenters. The quantitative estimate of drug-likeness (QED) is 0.708. The van der Waals surface area contributed by atoms with Crippen LogP contribution in [-0.2, 0) is 9.05 Å². The van der Waals surface area contributed by atoms with Gasteiger partial charge >= 0.3 is 0 Å². The first-order chi connectivity index (χ1) is 9.40. The molecule has 0 radical (unpaired) electrons. The Labute approximate surface area is 133 Å². The Kier molecular flexibility index (Phi) is 5.37. The summed E-state index contributed by atoms with van der Waals surface area (Å²) in [5, 5.41) is 0. The van der Waals surface area contributed by atoms with Crippen molar-refractivity contribution in [1.82, 2.24) is 0 Å². The molecule has 0 bridgehead atoms. The van der Waals surface area contributed by atoms with E-state index in [0.29, 0.717) is 10.2 Å². The van der Waals surface area contributed by atoms with Crippen LogP contribution in [0.5, 0.6) is 5.75 Å². The molecule has 20 heavy (non-hydrogen) atoms. The lowest BCUT2D eigenvalue weighted by atomic mass is 9.85. The molecular formula is C14H18BrClO3S. The van der Waals surface area contributed by atoms with Gasteiger partial charge in [0, 0.05) is 10.7 Å². The number of hydrogen-bond acceptors (Lipinski definition) is 3. The molecule has 1 saturated carbocycles. The van der Waals surface area contributed by atoms with E-state index in [1.54, 1.807) is 6.07 Å². The SMILES string of the molecule is CCC1CCCC(Oc2ccc(S(=O)(=O)Cl)cc2Br)C1. The van der Waals surface area contributed by atoms with Gasteiger partial charge < -0.3 is 4.74 Å². The molecule has 1 aromatic carbocycles. The second-order valence-electron chi connectivity index (χ2n) is 5.21. The van der Waals surface area contributed by atoms with Crippen molar-refractivity contribution in [3.63, 3.8) is 0 Å². The molecule has 2 atom stereocenters. The smallest absolute Gasteiger partial charge is 0.261 e. The van der Waals surface area contributed by atoms with Crippen molar-refractivity contribution in [3.05, 3.63) is 22.7 Å². The first-order valence-corrected chi connectivity index (χ1v) is 9.91. The average molecular weight is 382 g/mol. The van der Waals surface area contributed by atoms with E-state index in [2.05, 4.69) is 22.9 Å². The summed E-state index contributed by atoms with van der Waals surface area (Å²) in [6.45, 7) is 2.21. The van der Waals surface area contributed by atoms with Gasteiger partial charge in [0.25, 0.3) is 9.05 Å². The van der Waals surface area contributed by atoms with Crippen LogP contribution in [0.2, 0.25) is 0 Å². The Balaban J connectivity index is 2.10. The van der Waals surface area contributed by atoms with Crippen LogP contribution in [0, 0.1) is 5.92 Å². The van der Waals surface area contributed by atoms with Gasteiger partial charge in [-0.3, -0.25) is 0 Å². The van der Waals surface area contributed by atoms with Gasteiger partial charge in [0.1, 0.15) is 5.75 Å². The fraction of sp³-hybridized carbons (Fsp3) is 0.571. The Bertz CT molecular complexity index is 574. The zero-order valence-electron chi connectivity index (χ0n) is 11.3. The number of ether oxygens (including phenoxy) is 1. The fourth-order valence-electron chi connectivity index (χ4n) is 2.63. The second kappa shape index (κ2) is 6.67. The second-order valence-corrected chi connectivity index (χ2v) is 8.63. The fourth-order valence-corrected chi connectivity index (χ4v) is 4.03. The van der Waals surface area contributed by atoms with E-state index in [1.807, 2.05) is 0 Å². The summed E-state index contributed by atoms with van der Waals surface area (Å²) in [6, 6.07) is 4.62. The van der Waals surface area contributed by atoms with Gasteiger partial charge in [-0.05, 0) is 59.3 Å². The average Bonchev–Trinajstić information content (AvgIpc) is 2.40. The maximum atomic E-state index is 11.3. The molecule has 1 aromatic rings. The molecule has 1 fully saturated rings. The van der Waals surface area contributed by atoms with E-state index in [4.69, 9.17) is 15.4 Å². The molecule has 1 aliphatic rings. The van der Waals surface area contributed by atoms with Crippen LogP contribution < -0.4 is 4.74 Å². The predicted molar refractivity (Wildman–Crippen MR) is 83.8 cm³/mol. The number of hydrogen-bond donors (Lipinski definition) is 0. The van der Waals surface area contributed by atoms with Gasteiger partial charge in [-0.2, -0.15) is 0 Å². The topological polar surface area (TPSA) is 43.4 Å². The molecule has 0 saturated heterocycles. The molecule has 2 rings (SSSR count). The summed E-state index contributed by atoms with van der Waals surface area (Å²) in [7, 11) is 1.62. The van der Waals surface area contributed by atoms with Gasteiger partial charge in [-0.15, -0.1) is 0 Å². The normalized spacial score (nSPS) is 23.6. The molecule has 0 amide bonds. The largest absolute Gasteiger partial charge is 0.489 e. The van der Waals surface area contributed by atoms with Crippen LogP contribution in [0.15, 0.2) is 27.6 Å². The van der Waals surface area contributed by atoms with Crippen molar-refractivity contribution in [2.75, 3.05) is 0 Å². The maximum Gasteiger partial charge on any atom is 0.261 e. The van der Waals surface area contributed by atoms with Gasteiger partial charge in [0.15, 0.2) is 0 Å². The zero-order chi connectivity index (χ0) is 14.8. The van der Waals surface area contributed by atoms with Crippen molar-refractivity contribution in [3.8, 4) is 5.75 Å². The third kappa shape index (κ3) is 4.12. The lowest BCUT2D eigenvalue weighted by molar-refractivity contribution is 0.121. The first kappa shape index (κ1) is 16.1. The van der Waals surface area contributed by atoms with Crippen LogP contribution in [0.4, 0.5) is 0 Å². The van der Waals surface area contributed by atoms with Crippen LogP contribution >= 0.6 is 26.6 Å². The highest BCUT2D eigenvalue weighted by molar-refractivity contribution is 9.10. The Hall–Kier alpha value is -0.260. The van der Waals surface area contributed by atoms with Gasteiger partial charge in [-0.25, -0.2) is 8.42 Å². The van der Waals surface area contributed by atoms with Gasteiger partial charge in [-0.1, -0.05) is 19.8 Å². The number of halogens is 2. The lowest BCUT2D eigenvalue weighted by Gasteiger charge is -2.29. The van der Waals surface area contributed by atoms with E-state index in [-0.39, 0.29) is 11.0 Å². The van der Waals surface area contributed by atoms with E-state index in [0.717, 1.165) is 18.8 Å². The standard InChI is InChI=1S/C14H18BrClO3S/c1-2-10-4-3-5-11(8-10)19-14-7-6-12(9-13(14)15)20(16,17)18/h6-7,9-11H,2-5,8H2,1H3. The van der Waals surface area contributed by atoms with E-state index < -0.39 is 9.05 Å². The molecule has 3 nitrogen and oxygen atoms in total. The monoisotopic (exact) mass is 380 g/mol. The molecule has 1 aliphatic carbocycles. The summed E-state index contributed by atoms with van der Waals surface area (Å²) in [4.78, 5) is 0.0773. The molecular weight excluding hydrogens is 364 g/mol. The van der Waals surface area contributed by atoms with Crippen LogP contribution in [0.3, 0.4) is 0 Å². The summed E-state index contributed by atoms with van der Waals surface area (Å²) in [5.74, 6) is 1.41. The molecule has 0 aliphatic heterocycles. The summed E-state index contributed by atoms with van der Waals surface area (Å²) in [6.07, 6.45) is 5.99. The zero-order valence-corrected chi connectivity index (χ0v) is 14.5. The van der Waals surface area contributed by atoms with Gasteiger partial charge in [0.05, 0.1) is 15.5 Å². The highest BCUT2D eigenvalue weighted by Crippen LogP contribution is 2.34. The molecule has 112 valence electrons. The van der Waals surface area contributed by atoms with Crippen molar-refractivity contribution in [1.29, 1.82) is 0 Å². The molecule has 0 heterocycles. The van der Waals surface area contributed by atoms with Crippen molar-refractivity contribution in [2.24, 2.45) is 5.92 Å². The number of rotatable bonds is 4. The number of benzene rings is 1. The van der Waals surface area contributed by atoms with Crippen molar-refractivity contribution >= 4 is 35.7 Å². The third-order valence-electron chi connectivity index (χ3n) is 3.79. The maximum absolute atomic E-state index is 11.3. The predicted octanol–water partition coefficient (Wildman–Crippen LogP) is 4.72. The highest BCUT2D eigenvalue weighted by Gasteiger charge is 2.23. The minimum absolute atomic E-state index is 0.0773. The minimum Gasteiger partial charge on any atom is -0.489 e. The summed E-state index contributed by atoms with van der Waals surface area (Å²) >= 11 is 3.35. The molecule has 0 aromatic heterocycles. The van der Waals surface area contributed by atoms with Crippen LogP contribution in [0.1, 0.15) is 39.0 Å². The summed E-state index contributed by atoms with van der Waals surface area (Å²) < 4.78 is 29.2. The molecule has 0 N–H and O–H groups in total. The van der Waals surface area contributed by atoms with E-state index >= 15 is 0 Å². The van der Waals surface area contributed by atoms with E-state index in [9.17, 15) is 8.42 Å². The highest BCUT2D eigenvalue weighted by atomic mass is 79.9. The Morgan fingerprint density at radius 3 is 2.75 bits per heavy atom. The minimum atomic E-state index is -3.70. The van der Waals surface area contributed by atoms with E-state index in [1.165, 1.54) is 31.4 Å². The lowest BCUT2D eigenvalue weighted by Crippen LogP contribution is -2.25.